The van der Waals surface area contributed by atoms with Gasteiger partial charge in [-0.15, -0.1) is 0 Å². The van der Waals surface area contributed by atoms with Crippen LogP contribution in [0.3, 0.4) is 0 Å². The maximum atomic E-state index is 9.10. The number of ether oxygens (including phenoxy) is 1. The van der Waals surface area contributed by atoms with E-state index in [-0.39, 0.29) is 18.8 Å². The van der Waals surface area contributed by atoms with E-state index in [0.29, 0.717) is 5.92 Å². The lowest BCUT2D eigenvalue weighted by molar-refractivity contribution is -0.0181. The second kappa shape index (κ2) is 6.38. The largest absolute Gasteiger partial charge is 0.394 e. The third-order valence-corrected chi connectivity index (χ3v) is 3.15. The summed E-state index contributed by atoms with van der Waals surface area (Å²) >= 11 is 0. The Kier molecular flexibility index (Phi) is 5.45. The van der Waals surface area contributed by atoms with Crippen molar-refractivity contribution in [2.24, 2.45) is 11.7 Å². The number of hydrogen-bond donors (Lipinski definition) is 2. The van der Waals surface area contributed by atoms with Gasteiger partial charge in [-0.3, -0.25) is 0 Å². The Morgan fingerprint density at radius 3 is 2.57 bits per heavy atom. The smallest absolute Gasteiger partial charge is 0.0956 e. The van der Waals surface area contributed by atoms with Crippen LogP contribution in [0.2, 0.25) is 0 Å². The van der Waals surface area contributed by atoms with Crippen molar-refractivity contribution in [3.8, 4) is 0 Å². The highest BCUT2D eigenvalue weighted by atomic mass is 16.5. The molecule has 0 spiro atoms. The summed E-state index contributed by atoms with van der Waals surface area (Å²) in [5.41, 5.74) is 5.83. The number of aliphatic hydroxyl groups excluding tert-OH is 1. The fourth-order valence-corrected chi connectivity index (χ4v) is 2.01. The molecule has 0 aromatic rings. The van der Waals surface area contributed by atoms with Crippen LogP contribution < -0.4 is 5.73 Å². The Hall–Kier alpha value is -0.120. The Balaban J connectivity index is 2.19. The molecule has 84 valence electrons. The summed E-state index contributed by atoms with van der Waals surface area (Å²) in [6.45, 7) is 2.84. The molecule has 1 rings (SSSR count). The molecule has 0 heterocycles. The van der Waals surface area contributed by atoms with Gasteiger partial charge < -0.3 is 15.6 Å². The fourth-order valence-electron chi connectivity index (χ4n) is 2.01. The third-order valence-electron chi connectivity index (χ3n) is 3.15. The zero-order valence-electron chi connectivity index (χ0n) is 9.11. The van der Waals surface area contributed by atoms with Gasteiger partial charge in [0.25, 0.3) is 0 Å². The molecule has 3 N–H and O–H groups in total. The predicted octanol–water partition coefficient (Wildman–Crippen LogP) is 1.29. The molecule has 2 atom stereocenters. The minimum Gasteiger partial charge on any atom is -0.394 e. The Bertz CT molecular complexity index is 146. The molecule has 1 aliphatic carbocycles. The third kappa shape index (κ3) is 3.56. The molecule has 0 saturated heterocycles. The molecule has 0 amide bonds. The summed E-state index contributed by atoms with van der Waals surface area (Å²) in [5, 5.41) is 9.10. The van der Waals surface area contributed by atoms with E-state index in [0.717, 1.165) is 13.0 Å². The van der Waals surface area contributed by atoms with Gasteiger partial charge >= 0.3 is 0 Å². The maximum Gasteiger partial charge on any atom is 0.0956 e. The summed E-state index contributed by atoms with van der Waals surface area (Å²) in [7, 11) is 0. The molecular formula is C11H23NO2. The van der Waals surface area contributed by atoms with Gasteiger partial charge in [-0.25, -0.2) is 0 Å². The Morgan fingerprint density at radius 1 is 1.43 bits per heavy atom. The first-order chi connectivity index (χ1) is 6.77. The number of aliphatic hydroxyl groups is 1. The standard InChI is InChI=1S/C11H23NO2/c1-2-10(12)11(7-13)14-8-9-5-3-4-6-9/h9-11,13H,2-8,12H2,1H3. The van der Waals surface area contributed by atoms with Gasteiger partial charge in [0.2, 0.25) is 0 Å². The zero-order valence-corrected chi connectivity index (χ0v) is 9.11. The second-order valence-corrected chi connectivity index (χ2v) is 4.28. The molecule has 1 saturated carbocycles. The lowest BCUT2D eigenvalue weighted by Gasteiger charge is -2.22. The van der Waals surface area contributed by atoms with Gasteiger partial charge in [0.05, 0.1) is 12.7 Å². The summed E-state index contributed by atoms with van der Waals surface area (Å²) in [4.78, 5) is 0. The van der Waals surface area contributed by atoms with E-state index in [1.807, 2.05) is 6.92 Å². The number of nitrogens with two attached hydrogens (primary N) is 1. The molecule has 2 unspecified atom stereocenters. The first-order valence-corrected chi connectivity index (χ1v) is 5.76. The Morgan fingerprint density at radius 2 is 2.07 bits per heavy atom. The number of rotatable bonds is 6. The van der Waals surface area contributed by atoms with Crippen molar-refractivity contribution in [1.82, 2.24) is 0 Å². The molecule has 0 aromatic carbocycles. The number of hydrogen-bond acceptors (Lipinski definition) is 3. The molecule has 0 bridgehead atoms. The first-order valence-electron chi connectivity index (χ1n) is 5.76. The van der Waals surface area contributed by atoms with Crippen LogP contribution in [0.5, 0.6) is 0 Å². The van der Waals surface area contributed by atoms with E-state index in [1.165, 1.54) is 25.7 Å². The predicted molar refractivity (Wildman–Crippen MR) is 57.1 cm³/mol. The molecule has 3 heteroatoms. The van der Waals surface area contributed by atoms with E-state index in [1.54, 1.807) is 0 Å². The first kappa shape index (κ1) is 12.0. The van der Waals surface area contributed by atoms with Crippen LogP contribution >= 0.6 is 0 Å². The van der Waals surface area contributed by atoms with Gasteiger partial charge in [-0.2, -0.15) is 0 Å². The fraction of sp³-hybridized carbons (Fsp3) is 1.00. The maximum absolute atomic E-state index is 9.10. The van der Waals surface area contributed by atoms with Crippen molar-refractivity contribution in [2.45, 2.75) is 51.2 Å². The van der Waals surface area contributed by atoms with Crippen LogP contribution in [0.15, 0.2) is 0 Å². The molecule has 0 aromatic heterocycles. The van der Waals surface area contributed by atoms with Crippen molar-refractivity contribution in [3.63, 3.8) is 0 Å². The molecule has 1 fully saturated rings. The van der Waals surface area contributed by atoms with Gasteiger partial charge in [0.1, 0.15) is 0 Å². The van der Waals surface area contributed by atoms with Crippen molar-refractivity contribution in [1.29, 1.82) is 0 Å². The van der Waals surface area contributed by atoms with Crippen LogP contribution in [0.4, 0.5) is 0 Å². The van der Waals surface area contributed by atoms with Crippen molar-refractivity contribution >= 4 is 0 Å². The van der Waals surface area contributed by atoms with E-state index in [4.69, 9.17) is 15.6 Å². The van der Waals surface area contributed by atoms with Crippen molar-refractivity contribution in [3.05, 3.63) is 0 Å². The van der Waals surface area contributed by atoms with E-state index in [2.05, 4.69) is 0 Å². The summed E-state index contributed by atoms with van der Waals surface area (Å²) in [5.74, 6) is 0.702. The normalized spacial score (nSPS) is 22.5. The van der Waals surface area contributed by atoms with Crippen LogP contribution in [0.25, 0.3) is 0 Å². The quantitative estimate of drug-likeness (QED) is 0.681. The highest BCUT2D eigenvalue weighted by Gasteiger charge is 2.20. The van der Waals surface area contributed by atoms with E-state index < -0.39 is 0 Å². The summed E-state index contributed by atoms with van der Waals surface area (Å²) < 4.78 is 5.65. The lowest BCUT2D eigenvalue weighted by atomic mass is 10.1. The average molecular weight is 201 g/mol. The van der Waals surface area contributed by atoms with Crippen molar-refractivity contribution < 1.29 is 9.84 Å². The van der Waals surface area contributed by atoms with Crippen LogP contribution in [0.1, 0.15) is 39.0 Å². The highest BCUT2D eigenvalue weighted by Crippen LogP contribution is 2.25. The van der Waals surface area contributed by atoms with E-state index >= 15 is 0 Å². The molecule has 1 aliphatic rings. The van der Waals surface area contributed by atoms with E-state index in [9.17, 15) is 0 Å². The summed E-state index contributed by atoms with van der Waals surface area (Å²) in [6, 6.07) is -0.0265. The molecule has 3 nitrogen and oxygen atoms in total. The van der Waals surface area contributed by atoms with Crippen LogP contribution in [0, 0.1) is 5.92 Å². The minimum atomic E-state index is -0.166. The van der Waals surface area contributed by atoms with Crippen molar-refractivity contribution in [2.75, 3.05) is 13.2 Å². The molecule has 0 radical (unpaired) electrons. The van der Waals surface area contributed by atoms with Gasteiger partial charge in [-0.05, 0) is 25.2 Å². The average Bonchev–Trinajstić information content (AvgIpc) is 2.71. The monoisotopic (exact) mass is 201 g/mol. The Labute approximate surface area is 86.6 Å². The lowest BCUT2D eigenvalue weighted by Crippen LogP contribution is -2.39. The topological polar surface area (TPSA) is 55.5 Å². The highest BCUT2D eigenvalue weighted by molar-refractivity contribution is 4.73. The second-order valence-electron chi connectivity index (χ2n) is 4.28. The van der Waals surface area contributed by atoms with Crippen LogP contribution in [-0.4, -0.2) is 30.5 Å². The van der Waals surface area contributed by atoms with Gasteiger partial charge in [0.15, 0.2) is 0 Å². The molecule has 14 heavy (non-hydrogen) atoms. The SMILES string of the molecule is CCC(N)C(CO)OCC1CCCC1. The zero-order chi connectivity index (χ0) is 10.4. The van der Waals surface area contributed by atoms with Gasteiger partial charge in [0, 0.05) is 12.6 Å². The molecule has 0 aliphatic heterocycles. The van der Waals surface area contributed by atoms with Crippen LogP contribution in [-0.2, 0) is 4.74 Å². The molecular weight excluding hydrogens is 178 g/mol. The summed E-state index contributed by atoms with van der Waals surface area (Å²) in [6.07, 6.45) is 5.91. The minimum absolute atomic E-state index is 0.0265. The van der Waals surface area contributed by atoms with Gasteiger partial charge in [-0.1, -0.05) is 19.8 Å².